The van der Waals surface area contributed by atoms with Gasteiger partial charge in [-0.25, -0.2) is 4.98 Å². The number of benzene rings is 2. The van der Waals surface area contributed by atoms with Crippen LogP contribution in [0.2, 0.25) is 0 Å². The second-order valence-electron chi connectivity index (χ2n) is 7.29. The molecule has 1 aliphatic heterocycles. The Labute approximate surface area is 169 Å². The van der Waals surface area contributed by atoms with Crippen LogP contribution in [-0.2, 0) is 4.79 Å². The maximum absolute atomic E-state index is 12.7. The summed E-state index contributed by atoms with van der Waals surface area (Å²) < 4.78 is 0. The van der Waals surface area contributed by atoms with Gasteiger partial charge in [-0.15, -0.1) is 0 Å². The summed E-state index contributed by atoms with van der Waals surface area (Å²) in [6.07, 6.45) is 2.04. The van der Waals surface area contributed by atoms with Crippen LogP contribution in [-0.4, -0.2) is 34.4 Å². The van der Waals surface area contributed by atoms with E-state index in [2.05, 4.69) is 20.6 Å². The zero-order valence-corrected chi connectivity index (χ0v) is 16.4. The quantitative estimate of drug-likeness (QED) is 0.722. The van der Waals surface area contributed by atoms with Gasteiger partial charge < -0.3 is 10.6 Å². The van der Waals surface area contributed by atoms with E-state index in [4.69, 9.17) is 0 Å². The molecule has 29 heavy (non-hydrogen) atoms. The Hall–Kier alpha value is -3.54. The van der Waals surface area contributed by atoms with E-state index in [9.17, 15) is 9.59 Å². The number of nitrogens with one attached hydrogen (secondary N) is 2. The molecule has 2 heterocycles. The summed E-state index contributed by atoms with van der Waals surface area (Å²) >= 11 is 0. The summed E-state index contributed by atoms with van der Waals surface area (Å²) in [6, 6.07) is 15.5. The number of carbonyl (C=O) groups is 2. The molecule has 0 radical (unpaired) electrons. The van der Waals surface area contributed by atoms with Crippen molar-refractivity contribution in [1.82, 2.24) is 20.6 Å². The number of nitrogens with zero attached hydrogens (tertiary/aromatic N) is 2. The minimum absolute atomic E-state index is 0.165. The number of aryl methyl sites for hydroxylation is 2. The van der Waals surface area contributed by atoms with Gasteiger partial charge in [0.15, 0.2) is 0 Å². The standard InChI is InChI=1S/C23H22N4O2/c1-14-3-7-16(8-4-14)20-21(17-9-5-15(2)6-10-17)26-19(13-25-20)23(29)27-18-11-12-24-22(18)28/h3-10,13,18H,11-12H2,1-2H3,(H,24,28)(H,27,29). The van der Waals surface area contributed by atoms with E-state index < -0.39 is 11.9 Å². The maximum atomic E-state index is 12.7. The molecule has 0 bridgehead atoms. The fourth-order valence-electron chi connectivity index (χ4n) is 3.30. The zero-order valence-electron chi connectivity index (χ0n) is 16.4. The SMILES string of the molecule is Cc1ccc(-c2ncc(C(=O)NC3CCNC3=O)nc2-c2ccc(C)cc2)cc1. The van der Waals surface area contributed by atoms with E-state index in [1.165, 1.54) is 6.20 Å². The van der Waals surface area contributed by atoms with Crippen LogP contribution < -0.4 is 10.6 Å². The van der Waals surface area contributed by atoms with E-state index in [0.29, 0.717) is 24.4 Å². The Morgan fingerprint density at radius 2 is 1.55 bits per heavy atom. The zero-order chi connectivity index (χ0) is 20.4. The van der Waals surface area contributed by atoms with Crippen molar-refractivity contribution in [2.45, 2.75) is 26.3 Å². The normalized spacial score (nSPS) is 15.8. The lowest BCUT2D eigenvalue weighted by Crippen LogP contribution is -2.40. The Morgan fingerprint density at radius 1 is 0.966 bits per heavy atom. The van der Waals surface area contributed by atoms with E-state index >= 15 is 0 Å². The van der Waals surface area contributed by atoms with Gasteiger partial charge in [0.2, 0.25) is 5.91 Å². The Kier molecular flexibility index (Phi) is 5.08. The maximum Gasteiger partial charge on any atom is 0.272 e. The van der Waals surface area contributed by atoms with Crippen molar-refractivity contribution < 1.29 is 9.59 Å². The molecule has 4 rings (SSSR count). The molecule has 1 atom stereocenters. The van der Waals surface area contributed by atoms with Crippen molar-refractivity contribution in [2.75, 3.05) is 6.54 Å². The van der Waals surface area contributed by atoms with Crippen molar-refractivity contribution >= 4 is 11.8 Å². The molecule has 6 heteroatoms. The fraction of sp³-hybridized carbons (Fsp3) is 0.217. The number of carbonyl (C=O) groups excluding carboxylic acids is 2. The highest BCUT2D eigenvalue weighted by Crippen LogP contribution is 2.29. The first-order chi connectivity index (χ1) is 14.0. The molecule has 6 nitrogen and oxygen atoms in total. The van der Waals surface area contributed by atoms with E-state index in [1.54, 1.807) is 0 Å². The highest BCUT2D eigenvalue weighted by Gasteiger charge is 2.27. The van der Waals surface area contributed by atoms with Crippen molar-refractivity contribution in [3.05, 3.63) is 71.5 Å². The van der Waals surface area contributed by atoms with Crippen LogP contribution in [0.15, 0.2) is 54.7 Å². The molecule has 146 valence electrons. The minimum Gasteiger partial charge on any atom is -0.354 e. The van der Waals surface area contributed by atoms with Crippen LogP contribution in [0.4, 0.5) is 0 Å². The molecule has 3 aromatic rings. The Bertz CT molecular complexity index is 1060. The number of hydrogen-bond acceptors (Lipinski definition) is 4. The lowest BCUT2D eigenvalue weighted by Gasteiger charge is -2.13. The summed E-state index contributed by atoms with van der Waals surface area (Å²) in [4.78, 5) is 33.6. The molecular formula is C23H22N4O2. The van der Waals surface area contributed by atoms with E-state index in [0.717, 1.165) is 22.3 Å². The predicted octanol–water partition coefficient (Wildman–Crippen LogP) is 3.05. The summed E-state index contributed by atoms with van der Waals surface area (Å²) in [7, 11) is 0. The van der Waals surface area contributed by atoms with Gasteiger partial charge in [-0.05, 0) is 20.3 Å². The average Bonchev–Trinajstić information content (AvgIpc) is 3.13. The lowest BCUT2D eigenvalue weighted by molar-refractivity contribution is -0.120. The lowest BCUT2D eigenvalue weighted by atomic mass is 10.0. The molecule has 0 saturated carbocycles. The highest BCUT2D eigenvalue weighted by atomic mass is 16.2. The van der Waals surface area contributed by atoms with Crippen LogP contribution in [0, 0.1) is 13.8 Å². The summed E-state index contributed by atoms with van der Waals surface area (Å²) in [5.74, 6) is -0.565. The summed E-state index contributed by atoms with van der Waals surface area (Å²) in [5.41, 5.74) is 5.65. The van der Waals surface area contributed by atoms with Gasteiger partial charge in [0.1, 0.15) is 11.7 Å². The molecule has 1 aliphatic rings. The highest BCUT2D eigenvalue weighted by molar-refractivity contribution is 5.97. The number of amides is 2. The third-order valence-electron chi connectivity index (χ3n) is 5.01. The van der Waals surface area contributed by atoms with Crippen LogP contribution in [0.5, 0.6) is 0 Å². The van der Waals surface area contributed by atoms with E-state index in [-0.39, 0.29) is 11.6 Å². The molecule has 1 fully saturated rings. The van der Waals surface area contributed by atoms with Crippen molar-refractivity contribution in [1.29, 1.82) is 0 Å². The van der Waals surface area contributed by atoms with Crippen LogP contribution in [0.1, 0.15) is 28.0 Å². The molecule has 0 spiro atoms. The fourth-order valence-corrected chi connectivity index (χ4v) is 3.30. The van der Waals surface area contributed by atoms with Gasteiger partial charge in [0.05, 0.1) is 17.6 Å². The third kappa shape index (κ3) is 4.01. The second-order valence-corrected chi connectivity index (χ2v) is 7.29. The van der Waals surface area contributed by atoms with Crippen molar-refractivity contribution in [3.8, 4) is 22.5 Å². The molecular weight excluding hydrogens is 364 g/mol. The largest absolute Gasteiger partial charge is 0.354 e. The average molecular weight is 386 g/mol. The first-order valence-corrected chi connectivity index (χ1v) is 9.61. The van der Waals surface area contributed by atoms with Gasteiger partial charge >= 0.3 is 0 Å². The molecule has 2 N–H and O–H groups in total. The van der Waals surface area contributed by atoms with Crippen LogP contribution >= 0.6 is 0 Å². The molecule has 2 amide bonds. The van der Waals surface area contributed by atoms with Gasteiger partial charge in [-0.3, -0.25) is 14.6 Å². The first-order valence-electron chi connectivity index (χ1n) is 9.61. The molecule has 1 saturated heterocycles. The van der Waals surface area contributed by atoms with Crippen molar-refractivity contribution in [3.63, 3.8) is 0 Å². The van der Waals surface area contributed by atoms with E-state index in [1.807, 2.05) is 62.4 Å². The number of rotatable bonds is 4. The van der Waals surface area contributed by atoms with Gasteiger partial charge in [-0.2, -0.15) is 0 Å². The van der Waals surface area contributed by atoms with Gasteiger partial charge in [0, 0.05) is 17.7 Å². The number of hydrogen-bond donors (Lipinski definition) is 2. The first kappa shape index (κ1) is 18.8. The van der Waals surface area contributed by atoms with Gasteiger partial charge in [0.25, 0.3) is 5.91 Å². The number of aromatic nitrogens is 2. The Balaban J connectivity index is 1.74. The van der Waals surface area contributed by atoms with Crippen LogP contribution in [0.3, 0.4) is 0 Å². The van der Waals surface area contributed by atoms with Gasteiger partial charge in [-0.1, -0.05) is 59.7 Å². The molecule has 1 unspecified atom stereocenters. The summed E-state index contributed by atoms with van der Waals surface area (Å²) in [5, 5.41) is 5.46. The smallest absolute Gasteiger partial charge is 0.272 e. The van der Waals surface area contributed by atoms with Crippen molar-refractivity contribution in [2.24, 2.45) is 0 Å². The topological polar surface area (TPSA) is 84.0 Å². The molecule has 0 aliphatic carbocycles. The molecule has 1 aromatic heterocycles. The minimum atomic E-state index is -0.524. The predicted molar refractivity (Wildman–Crippen MR) is 111 cm³/mol. The second kappa shape index (κ2) is 7.83. The Morgan fingerprint density at radius 3 is 2.10 bits per heavy atom. The van der Waals surface area contributed by atoms with Crippen LogP contribution in [0.25, 0.3) is 22.5 Å². The summed E-state index contributed by atoms with van der Waals surface area (Å²) in [6.45, 7) is 4.62. The third-order valence-corrected chi connectivity index (χ3v) is 5.01. The molecule has 2 aromatic carbocycles. The monoisotopic (exact) mass is 386 g/mol.